The summed E-state index contributed by atoms with van der Waals surface area (Å²) in [7, 11) is 0. The molecule has 0 amide bonds. The molecule has 0 radical (unpaired) electrons. The first kappa shape index (κ1) is 12.5. The van der Waals surface area contributed by atoms with E-state index in [2.05, 4.69) is 15.4 Å². The molecule has 4 nitrogen and oxygen atoms in total. The van der Waals surface area contributed by atoms with E-state index in [1.54, 1.807) is 0 Å². The first-order chi connectivity index (χ1) is 9.73. The van der Waals surface area contributed by atoms with Gasteiger partial charge in [-0.2, -0.15) is 0 Å². The molecule has 4 heterocycles. The smallest absolute Gasteiger partial charge is 0.160 e. The van der Waals surface area contributed by atoms with Crippen molar-refractivity contribution in [3.8, 4) is 0 Å². The molecule has 3 saturated heterocycles. The van der Waals surface area contributed by atoms with Crippen molar-refractivity contribution in [1.29, 1.82) is 0 Å². The minimum Gasteiger partial charge on any atom is -0.386 e. The van der Waals surface area contributed by atoms with Gasteiger partial charge in [-0.1, -0.05) is 16.8 Å². The topological polar surface area (TPSA) is 36.9 Å². The highest BCUT2D eigenvalue weighted by Crippen LogP contribution is 2.43. The molecule has 1 spiro atoms. The molecule has 1 aromatic rings. The molecule has 0 aliphatic carbocycles. The van der Waals surface area contributed by atoms with E-state index in [1.165, 1.54) is 25.9 Å². The number of piperidine rings is 3. The molecule has 5 rings (SSSR count). The van der Waals surface area contributed by atoms with Crippen LogP contribution >= 0.6 is 11.6 Å². The van der Waals surface area contributed by atoms with Gasteiger partial charge in [0.1, 0.15) is 0 Å². The third-order valence-corrected chi connectivity index (χ3v) is 5.01. The number of benzene rings is 1. The highest BCUT2D eigenvalue weighted by atomic mass is 35.5. The van der Waals surface area contributed by atoms with Crippen LogP contribution in [-0.2, 0) is 4.84 Å². The monoisotopic (exact) mass is 291 g/mol. The molecule has 3 fully saturated rings. The van der Waals surface area contributed by atoms with E-state index in [9.17, 15) is 0 Å². The van der Waals surface area contributed by atoms with Crippen molar-refractivity contribution in [1.82, 2.24) is 4.90 Å². The molecule has 0 saturated carbocycles. The third-order valence-electron chi connectivity index (χ3n) is 4.76. The fourth-order valence-electron chi connectivity index (χ4n) is 3.69. The molecular weight excluding hydrogens is 274 g/mol. The van der Waals surface area contributed by atoms with Gasteiger partial charge in [-0.15, -0.1) is 0 Å². The number of fused-ring (bicyclic) bond motifs is 2. The largest absolute Gasteiger partial charge is 0.386 e. The normalized spacial score (nSPS) is 35.0. The fraction of sp³-hybridized carbons (Fsp3) is 0.533. The summed E-state index contributed by atoms with van der Waals surface area (Å²) in [6.45, 7) is 3.46. The molecule has 1 aromatic carbocycles. The number of rotatable bonds is 1. The number of nitrogens with zero attached hydrogens (tertiary/aromatic N) is 2. The van der Waals surface area contributed by atoms with E-state index >= 15 is 0 Å². The molecule has 2 bridgehead atoms. The minimum atomic E-state index is -0.0781. The van der Waals surface area contributed by atoms with E-state index in [1.807, 2.05) is 24.3 Å². The molecular formula is C15H18ClN3O. The van der Waals surface area contributed by atoms with E-state index in [-0.39, 0.29) is 5.60 Å². The van der Waals surface area contributed by atoms with Crippen LogP contribution in [0.1, 0.15) is 19.3 Å². The summed E-state index contributed by atoms with van der Waals surface area (Å²) in [5.41, 5.74) is 0.931. The molecule has 106 valence electrons. The highest BCUT2D eigenvalue weighted by Gasteiger charge is 2.52. The Bertz CT molecular complexity index is 537. The van der Waals surface area contributed by atoms with Gasteiger partial charge in [-0.25, -0.2) is 0 Å². The van der Waals surface area contributed by atoms with Crippen molar-refractivity contribution in [2.45, 2.75) is 24.9 Å². The zero-order valence-electron chi connectivity index (χ0n) is 11.3. The zero-order valence-corrected chi connectivity index (χ0v) is 12.1. The van der Waals surface area contributed by atoms with Gasteiger partial charge in [0, 0.05) is 23.2 Å². The first-order valence-electron chi connectivity index (χ1n) is 7.24. The summed E-state index contributed by atoms with van der Waals surface area (Å²) in [5.74, 6) is 1.59. The Morgan fingerprint density at radius 1 is 1.25 bits per heavy atom. The molecule has 1 N–H and O–H groups in total. The maximum absolute atomic E-state index is 5.90. The summed E-state index contributed by atoms with van der Waals surface area (Å²) in [5, 5.41) is 8.39. The van der Waals surface area contributed by atoms with Crippen LogP contribution in [0.2, 0.25) is 5.02 Å². The number of oxime groups is 1. The molecule has 4 aliphatic heterocycles. The van der Waals surface area contributed by atoms with Crippen LogP contribution in [0, 0.1) is 5.92 Å². The summed E-state index contributed by atoms with van der Waals surface area (Å²) < 4.78 is 0. The minimum absolute atomic E-state index is 0.0781. The number of halogens is 1. The summed E-state index contributed by atoms with van der Waals surface area (Å²) in [6.07, 6.45) is 3.37. The average molecular weight is 292 g/mol. The Kier molecular flexibility index (Phi) is 2.89. The SMILES string of the molecule is Clc1ccc(NC2=NOC3(C2)CN2CCC3CC2)cc1. The van der Waals surface area contributed by atoms with Crippen LogP contribution in [0.5, 0.6) is 0 Å². The second-order valence-electron chi connectivity index (χ2n) is 6.05. The van der Waals surface area contributed by atoms with Crippen LogP contribution in [0.15, 0.2) is 29.4 Å². The maximum Gasteiger partial charge on any atom is 0.160 e. The van der Waals surface area contributed by atoms with E-state index in [4.69, 9.17) is 16.4 Å². The number of hydrogen-bond acceptors (Lipinski definition) is 4. The molecule has 1 unspecified atom stereocenters. The van der Waals surface area contributed by atoms with Gasteiger partial charge < -0.3 is 10.2 Å². The number of hydrogen-bond donors (Lipinski definition) is 1. The first-order valence-corrected chi connectivity index (χ1v) is 7.61. The van der Waals surface area contributed by atoms with Crippen LogP contribution in [0.4, 0.5) is 5.69 Å². The summed E-state index contributed by atoms with van der Waals surface area (Å²) in [6, 6.07) is 7.69. The molecule has 1 atom stereocenters. The second kappa shape index (κ2) is 4.64. The van der Waals surface area contributed by atoms with Crippen molar-refractivity contribution in [2.24, 2.45) is 11.1 Å². The second-order valence-corrected chi connectivity index (χ2v) is 6.49. The predicted molar refractivity (Wildman–Crippen MR) is 80.1 cm³/mol. The van der Waals surface area contributed by atoms with Gasteiger partial charge in [0.15, 0.2) is 11.4 Å². The van der Waals surface area contributed by atoms with Gasteiger partial charge >= 0.3 is 0 Å². The van der Waals surface area contributed by atoms with Gasteiger partial charge in [0.05, 0.1) is 6.42 Å². The van der Waals surface area contributed by atoms with Crippen molar-refractivity contribution in [3.05, 3.63) is 29.3 Å². The lowest BCUT2D eigenvalue weighted by Gasteiger charge is -2.49. The lowest BCUT2D eigenvalue weighted by atomic mass is 9.73. The Balaban J connectivity index is 1.46. The lowest BCUT2D eigenvalue weighted by Crippen LogP contribution is -2.59. The molecule has 5 heteroatoms. The van der Waals surface area contributed by atoms with Gasteiger partial charge in [0.2, 0.25) is 0 Å². The number of amidine groups is 1. The van der Waals surface area contributed by atoms with Crippen LogP contribution in [0.3, 0.4) is 0 Å². The predicted octanol–water partition coefficient (Wildman–Crippen LogP) is 2.95. The quantitative estimate of drug-likeness (QED) is 0.864. The lowest BCUT2D eigenvalue weighted by molar-refractivity contribution is -0.136. The number of anilines is 1. The standard InChI is InChI=1S/C15H18ClN3O/c16-12-1-3-13(4-2-12)17-14-9-15(20-18-14)10-19-7-5-11(15)6-8-19/h1-4,11H,5-10H2,(H,17,18). The van der Waals surface area contributed by atoms with Gasteiger partial charge in [0.25, 0.3) is 0 Å². The van der Waals surface area contributed by atoms with Crippen molar-refractivity contribution < 1.29 is 4.84 Å². The Morgan fingerprint density at radius 2 is 2.00 bits per heavy atom. The Morgan fingerprint density at radius 3 is 2.65 bits per heavy atom. The molecule has 20 heavy (non-hydrogen) atoms. The Hall–Kier alpha value is -1.26. The van der Waals surface area contributed by atoms with Crippen molar-refractivity contribution in [3.63, 3.8) is 0 Å². The van der Waals surface area contributed by atoms with Crippen molar-refractivity contribution >= 4 is 23.1 Å². The average Bonchev–Trinajstić information content (AvgIpc) is 2.85. The fourth-order valence-corrected chi connectivity index (χ4v) is 3.82. The summed E-state index contributed by atoms with van der Waals surface area (Å²) in [4.78, 5) is 8.38. The van der Waals surface area contributed by atoms with Crippen molar-refractivity contribution in [2.75, 3.05) is 25.0 Å². The van der Waals surface area contributed by atoms with E-state index in [0.29, 0.717) is 5.92 Å². The van der Waals surface area contributed by atoms with Crippen LogP contribution in [-0.4, -0.2) is 36.0 Å². The van der Waals surface area contributed by atoms with E-state index < -0.39 is 0 Å². The zero-order chi connectivity index (χ0) is 13.6. The third kappa shape index (κ3) is 2.07. The number of nitrogens with one attached hydrogen (secondary N) is 1. The maximum atomic E-state index is 5.90. The highest BCUT2D eigenvalue weighted by molar-refractivity contribution is 6.30. The van der Waals surface area contributed by atoms with Crippen LogP contribution in [0.25, 0.3) is 0 Å². The van der Waals surface area contributed by atoms with E-state index in [0.717, 1.165) is 29.5 Å². The summed E-state index contributed by atoms with van der Waals surface area (Å²) >= 11 is 5.90. The molecule has 0 aromatic heterocycles. The molecule has 4 aliphatic rings. The Labute approximate surface area is 123 Å². The van der Waals surface area contributed by atoms with Crippen LogP contribution < -0.4 is 5.32 Å². The van der Waals surface area contributed by atoms with Gasteiger partial charge in [-0.05, 0) is 50.2 Å². The van der Waals surface area contributed by atoms with Gasteiger partial charge in [-0.3, -0.25) is 4.90 Å².